The maximum absolute atomic E-state index is 6.45. The lowest BCUT2D eigenvalue weighted by atomic mass is 9.68. The second-order valence-electron chi connectivity index (χ2n) is 5.96. The first kappa shape index (κ1) is 12.9. The molecule has 17 heavy (non-hydrogen) atoms. The minimum absolute atomic E-state index is 0. The first-order chi connectivity index (χ1) is 7.70. The van der Waals surface area contributed by atoms with Gasteiger partial charge >= 0.3 is 0 Å². The molecule has 94 valence electrons. The van der Waals surface area contributed by atoms with E-state index in [0.717, 1.165) is 18.3 Å². The molecule has 0 aromatic heterocycles. The fourth-order valence-electron chi connectivity index (χ4n) is 4.05. The molecule has 1 aromatic rings. The summed E-state index contributed by atoms with van der Waals surface area (Å²) in [6, 6.07) is 11.3. The Hall–Kier alpha value is -0.530. The average molecular weight is 252 g/mol. The van der Waals surface area contributed by atoms with Gasteiger partial charge in [-0.3, -0.25) is 0 Å². The van der Waals surface area contributed by atoms with Crippen LogP contribution in [0.1, 0.15) is 31.7 Å². The molecule has 0 heterocycles. The van der Waals surface area contributed by atoms with E-state index in [9.17, 15) is 0 Å². The van der Waals surface area contributed by atoms with Crippen LogP contribution in [0.15, 0.2) is 30.3 Å². The van der Waals surface area contributed by atoms with Gasteiger partial charge in [-0.1, -0.05) is 37.3 Å². The third kappa shape index (κ3) is 2.00. The first-order valence-corrected chi connectivity index (χ1v) is 6.49. The largest absolute Gasteiger partial charge is 0.327 e. The Bertz CT molecular complexity index is 374. The van der Waals surface area contributed by atoms with Crippen molar-refractivity contribution in [1.82, 2.24) is 0 Å². The van der Waals surface area contributed by atoms with E-state index in [2.05, 4.69) is 37.3 Å². The third-order valence-electron chi connectivity index (χ3n) is 5.10. The van der Waals surface area contributed by atoms with Gasteiger partial charge < -0.3 is 5.73 Å². The van der Waals surface area contributed by atoms with Crippen LogP contribution in [0.2, 0.25) is 0 Å². The predicted octanol–water partition coefficient (Wildman–Crippen LogP) is 3.41. The van der Waals surface area contributed by atoms with E-state index >= 15 is 0 Å². The molecular weight excluding hydrogens is 230 g/mol. The van der Waals surface area contributed by atoms with E-state index in [1.54, 1.807) is 0 Å². The number of rotatable bonds is 2. The quantitative estimate of drug-likeness (QED) is 0.857. The Morgan fingerprint density at radius 1 is 1.24 bits per heavy atom. The Kier molecular flexibility index (Phi) is 3.51. The summed E-state index contributed by atoms with van der Waals surface area (Å²) in [5.74, 6) is 1.67. The van der Waals surface area contributed by atoms with Crippen LogP contribution in [-0.2, 0) is 6.42 Å². The molecule has 0 amide bonds. The second kappa shape index (κ2) is 4.62. The van der Waals surface area contributed by atoms with Crippen molar-refractivity contribution in [2.75, 3.05) is 0 Å². The van der Waals surface area contributed by atoms with Gasteiger partial charge in [0, 0.05) is 6.04 Å². The fraction of sp³-hybridized carbons (Fsp3) is 0.600. The second-order valence-corrected chi connectivity index (χ2v) is 5.96. The summed E-state index contributed by atoms with van der Waals surface area (Å²) < 4.78 is 0. The number of hydrogen-bond acceptors (Lipinski definition) is 1. The number of fused-ring (bicyclic) bond motifs is 2. The number of hydrogen-bond donors (Lipinski definition) is 1. The third-order valence-corrected chi connectivity index (χ3v) is 5.10. The number of halogens is 1. The van der Waals surface area contributed by atoms with Crippen LogP contribution in [0.25, 0.3) is 0 Å². The standard InChI is InChI=1S/C15H21N.ClH/c1-15(10-11-5-3-2-4-6-11)13-8-7-12(9-13)14(15)16;/h2-6,12-14H,7-10,16H2,1H3;1H/t12-,13+,14-,15-;/m1./s1. The van der Waals surface area contributed by atoms with Gasteiger partial charge in [0.05, 0.1) is 0 Å². The van der Waals surface area contributed by atoms with Crippen LogP contribution >= 0.6 is 12.4 Å². The van der Waals surface area contributed by atoms with Gasteiger partial charge in [-0.25, -0.2) is 0 Å². The summed E-state index contributed by atoms with van der Waals surface area (Å²) >= 11 is 0. The van der Waals surface area contributed by atoms with Gasteiger partial charge in [0.25, 0.3) is 0 Å². The molecule has 0 unspecified atom stereocenters. The fourth-order valence-corrected chi connectivity index (χ4v) is 4.05. The van der Waals surface area contributed by atoms with E-state index in [-0.39, 0.29) is 12.4 Å². The van der Waals surface area contributed by atoms with Crippen molar-refractivity contribution in [3.63, 3.8) is 0 Å². The number of benzene rings is 1. The maximum atomic E-state index is 6.45. The molecule has 2 aliphatic rings. The highest BCUT2D eigenvalue weighted by atomic mass is 35.5. The average Bonchev–Trinajstić information content (AvgIpc) is 2.85. The maximum Gasteiger partial charge on any atom is 0.0127 e. The molecular formula is C15H22ClN. The minimum atomic E-state index is 0. The Balaban J connectivity index is 0.00000108. The van der Waals surface area contributed by atoms with Gasteiger partial charge in [0.2, 0.25) is 0 Å². The summed E-state index contributed by atoms with van der Waals surface area (Å²) in [5, 5.41) is 0. The van der Waals surface area contributed by atoms with Crippen molar-refractivity contribution in [1.29, 1.82) is 0 Å². The predicted molar refractivity (Wildman–Crippen MR) is 74.3 cm³/mol. The van der Waals surface area contributed by atoms with E-state index in [1.165, 1.54) is 24.8 Å². The normalized spacial score (nSPS) is 39.1. The zero-order chi connectivity index (χ0) is 11.2. The summed E-state index contributed by atoms with van der Waals surface area (Å²) in [6.45, 7) is 2.41. The van der Waals surface area contributed by atoms with Crippen LogP contribution in [0.4, 0.5) is 0 Å². The molecule has 2 heteroatoms. The molecule has 2 saturated carbocycles. The van der Waals surface area contributed by atoms with Crippen molar-refractivity contribution in [3.8, 4) is 0 Å². The smallest absolute Gasteiger partial charge is 0.0127 e. The highest BCUT2D eigenvalue weighted by Crippen LogP contribution is 2.56. The van der Waals surface area contributed by atoms with Gasteiger partial charge in [0.15, 0.2) is 0 Å². The van der Waals surface area contributed by atoms with Crippen LogP contribution in [0, 0.1) is 17.3 Å². The highest BCUT2D eigenvalue weighted by Gasteiger charge is 2.53. The van der Waals surface area contributed by atoms with Crippen LogP contribution in [0.3, 0.4) is 0 Å². The van der Waals surface area contributed by atoms with Crippen LogP contribution in [0.5, 0.6) is 0 Å². The topological polar surface area (TPSA) is 26.0 Å². The minimum Gasteiger partial charge on any atom is -0.327 e. The van der Waals surface area contributed by atoms with E-state index < -0.39 is 0 Å². The number of nitrogens with two attached hydrogens (primary N) is 1. The van der Waals surface area contributed by atoms with Crippen molar-refractivity contribution >= 4 is 12.4 Å². The lowest BCUT2D eigenvalue weighted by Gasteiger charge is -2.39. The molecule has 2 fully saturated rings. The Morgan fingerprint density at radius 2 is 1.94 bits per heavy atom. The molecule has 0 radical (unpaired) electrons. The van der Waals surface area contributed by atoms with Gasteiger partial charge in [-0.05, 0) is 48.5 Å². The molecule has 3 rings (SSSR count). The lowest BCUT2D eigenvalue weighted by Crippen LogP contribution is -2.45. The Labute approximate surface area is 110 Å². The van der Waals surface area contributed by atoms with Crippen molar-refractivity contribution < 1.29 is 0 Å². The zero-order valence-corrected chi connectivity index (χ0v) is 11.2. The van der Waals surface area contributed by atoms with Crippen LogP contribution in [-0.4, -0.2) is 6.04 Å². The monoisotopic (exact) mass is 251 g/mol. The first-order valence-electron chi connectivity index (χ1n) is 6.49. The summed E-state index contributed by atoms with van der Waals surface area (Å²) in [4.78, 5) is 0. The van der Waals surface area contributed by atoms with Gasteiger partial charge in [-0.15, -0.1) is 12.4 Å². The molecule has 2 bridgehead atoms. The van der Waals surface area contributed by atoms with E-state index in [4.69, 9.17) is 5.73 Å². The van der Waals surface area contributed by atoms with E-state index in [0.29, 0.717) is 11.5 Å². The Morgan fingerprint density at radius 3 is 2.53 bits per heavy atom. The highest BCUT2D eigenvalue weighted by molar-refractivity contribution is 5.85. The van der Waals surface area contributed by atoms with Gasteiger partial charge in [0.1, 0.15) is 0 Å². The van der Waals surface area contributed by atoms with Crippen molar-refractivity contribution in [2.24, 2.45) is 23.0 Å². The molecule has 2 N–H and O–H groups in total. The summed E-state index contributed by atoms with van der Waals surface area (Å²) in [7, 11) is 0. The SMILES string of the molecule is C[C@@]1(Cc2ccccc2)[C@H]2CC[C@H](C2)[C@H]1N.Cl. The van der Waals surface area contributed by atoms with Crippen molar-refractivity contribution in [2.45, 2.75) is 38.6 Å². The van der Waals surface area contributed by atoms with Gasteiger partial charge in [-0.2, -0.15) is 0 Å². The summed E-state index contributed by atoms with van der Waals surface area (Å²) in [6.07, 6.45) is 5.32. The summed E-state index contributed by atoms with van der Waals surface area (Å²) in [5.41, 5.74) is 8.25. The molecule has 0 saturated heterocycles. The zero-order valence-electron chi connectivity index (χ0n) is 10.4. The molecule has 2 aliphatic carbocycles. The van der Waals surface area contributed by atoms with Crippen LogP contribution < -0.4 is 5.73 Å². The molecule has 1 nitrogen and oxygen atoms in total. The molecule has 0 aliphatic heterocycles. The molecule has 4 atom stereocenters. The van der Waals surface area contributed by atoms with Crippen molar-refractivity contribution in [3.05, 3.63) is 35.9 Å². The molecule has 1 aromatic carbocycles. The molecule has 0 spiro atoms. The lowest BCUT2D eigenvalue weighted by molar-refractivity contribution is 0.155. The van der Waals surface area contributed by atoms with E-state index in [1.807, 2.05) is 0 Å².